The van der Waals surface area contributed by atoms with Crippen LogP contribution in [-0.2, 0) is 9.59 Å². The number of hydrogen-bond donors (Lipinski definition) is 2. The minimum absolute atomic E-state index is 0.0750. The highest BCUT2D eigenvalue weighted by Crippen LogP contribution is 2.51. The van der Waals surface area contributed by atoms with Crippen molar-refractivity contribution in [3.8, 4) is 0 Å². The summed E-state index contributed by atoms with van der Waals surface area (Å²) < 4.78 is 0. The van der Waals surface area contributed by atoms with Gasteiger partial charge in [-0.2, -0.15) is 0 Å². The summed E-state index contributed by atoms with van der Waals surface area (Å²) in [6, 6.07) is 0.0756. The fraction of sp³-hybridized carbons (Fsp3) is 0.833. The Balaban J connectivity index is 1.81. The molecule has 0 spiro atoms. The van der Waals surface area contributed by atoms with E-state index in [0.717, 1.165) is 25.7 Å². The monoisotopic (exact) mass is 238 g/mol. The maximum Gasteiger partial charge on any atom is 0.308 e. The zero-order valence-corrected chi connectivity index (χ0v) is 9.76. The molecule has 1 aliphatic carbocycles. The standard InChI is InChI=1S/C12H18N2O3/c13-6-12(3-4-12)11(17)14-7-1-2-9(14)8(5-7)10(15)16/h7-9H,1-6,13H2,(H,15,16). The Morgan fingerprint density at radius 1 is 1.35 bits per heavy atom. The molecule has 0 aromatic rings. The lowest BCUT2D eigenvalue weighted by molar-refractivity contribution is -0.144. The van der Waals surface area contributed by atoms with Crippen molar-refractivity contribution in [3.05, 3.63) is 0 Å². The number of carbonyl (C=O) groups is 2. The fourth-order valence-electron chi connectivity index (χ4n) is 3.50. The van der Waals surface area contributed by atoms with Crippen molar-refractivity contribution in [1.29, 1.82) is 0 Å². The molecule has 2 aliphatic heterocycles. The summed E-state index contributed by atoms with van der Waals surface area (Å²) in [5, 5.41) is 9.15. The largest absolute Gasteiger partial charge is 0.481 e. The summed E-state index contributed by atoms with van der Waals surface area (Å²) in [5.41, 5.74) is 5.34. The van der Waals surface area contributed by atoms with Crippen molar-refractivity contribution in [1.82, 2.24) is 4.90 Å². The van der Waals surface area contributed by atoms with Crippen LogP contribution in [0.2, 0.25) is 0 Å². The van der Waals surface area contributed by atoms with E-state index < -0.39 is 5.97 Å². The van der Waals surface area contributed by atoms with E-state index in [1.807, 2.05) is 4.90 Å². The molecule has 17 heavy (non-hydrogen) atoms. The molecule has 1 amide bonds. The minimum Gasteiger partial charge on any atom is -0.481 e. The van der Waals surface area contributed by atoms with Gasteiger partial charge in [0.25, 0.3) is 0 Å². The first kappa shape index (κ1) is 11.0. The van der Waals surface area contributed by atoms with Crippen LogP contribution in [0.5, 0.6) is 0 Å². The predicted molar refractivity (Wildman–Crippen MR) is 60.1 cm³/mol. The van der Waals surface area contributed by atoms with Gasteiger partial charge in [-0.15, -0.1) is 0 Å². The van der Waals surface area contributed by atoms with Crippen LogP contribution in [-0.4, -0.2) is 40.5 Å². The Morgan fingerprint density at radius 2 is 2.06 bits per heavy atom. The second kappa shape index (κ2) is 3.45. The molecule has 0 aromatic heterocycles. The molecule has 3 rings (SSSR count). The average molecular weight is 238 g/mol. The van der Waals surface area contributed by atoms with Gasteiger partial charge in [-0.1, -0.05) is 0 Å². The molecule has 5 heteroatoms. The molecule has 2 saturated heterocycles. The fourth-order valence-corrected chi connectivity index (χ4v) is 3.50. The van der Waals surface area contributed by atoms with Crippen LogP contribution in [0.15, 0.2) is 0 Å². The van der Waals surface area contributed by atoms with Crippen LogP contribution in [0.1, 0.15) is 32.1 Å². The molecule has 2 bridgehead atoms. The first-order valence-corrected chi connectivity index (χ1v) is 6.35. The third kappa shape index (κ3) is 1.41. The van der Waals surface area contributed by atoms with Gasteiger partial charge in [0.1, 0.15) is 0 Å². The van der Waals surface area contributed by atoms with Gasteiger partial charge < -0.3 is 15.7 Å². The Bertz CT molecular complexity index is 378. The molecule has 0 radical (unpaired) electrons. The molecule has 0 aromatic carbocycles. The summed E-state index contributed by atoms with van der Waals surface area (Å²) in [5.74, 6) is -0.991. The first-order valence-electron chi connectivity index (χ1n) is 6.35. The number of nitrogens with two attached hydrogens (primary N) is 1. The molecule has 3 N–H and O–H groups in total. The highest BCUT2D eigenvalue weighted by molar-refractivity contribution is 5.88. The lowest BCUT2D eigenvalue weighted by atomic mass is 9.89. The second-order valence-corrected chi connectivity index (χ2v) is 5.68. The van der Waals surface area contributed by atoms with Crippen LogP contribution < -0.4 is 5.73 Å². The zero-order chi connectivity index (χ0) is 12.2. The average Bonchev–Trinajstić information content (AvgIpc) is 2.92. The summed E-state index contributed by atoms with van der Waals surface area (Å²) in [7, 11) is 0. The van der Waals surface area contributed by atoms with Crippen molar-refractivity contribution in [3.63, 3.8) is 0 Å². The number of amides is 1. The van der Waals surface area contributed by atoms with E-state index in [4.69, 9.17) is 10.8 Å². The number of carbonyl (C=O) groups excluding carboxylic acids is 1. The smallest absolute Gasteiger partial charge is 0.308 e. The van der Waals surface area contributed by atoms with Crippen LogP contribution in [0, 0.1) is 11.3 Å². The van der Waals surface area contributed by atoms with Crippen LogP contribution in [0.3, 0.4) is 0 Å². The van der Waals surface area contributed by atoms with Gasteiger partial charge in [-0.05, 0) is 32.1 Å². The van der Waals surface area contributed by atoms with Crippen molar-refractivity contribution in [2.75, 3.05) is 6.54 Å². The molecular weight excluding hydrogens is 220 g/mol. The Morgan fingerprint density at radius 3 is 2.53 bits per heavy atom. The SMILES string of the molecule is NCC1(C(=O)N2C3CCC2C(C(=O)O)C3)CC1. The number of fused-ring (bicyclic) bond motifs is 2. The van der Waals surface area contributed by atoms with E-state index in [-0.39, 0.29) is 29.3 Å². The molecular formula is C12H18N2O3. The predicted octanol–water partition coefficient (Wildman–Crippen LogP) is 0.189. The van der Waals surface area contributed by atoms with Gasteiger partial charge >= 0.3 is 5.97 Å². The maximum atomic E-state index is 12.4. The number of hydrogen-bond acceptors (Lipinski definition) is 3. The number of rotatable bonds is 3. The maximum absolute atomic E-state index is 12.4. The van der Waals surface area contributed by atoms with Crippen LogP contribution in [0.4, 0.5) is 0 Å². The van der Waals surface area contributed by atoms with Gasteiger partial charge in [0.15, 0.2) is 0 Å². The van der Waals surface area contributed by atoms with Gasteiger partial charge in [-0.25, -0.2) is 0 Å². The van der Waals surface area contributed by atoms with Crippen LogP contribution >= 0.6 is 0 Å². The summed E-state index contributed by atoms with van der Waals surface area (Å²) in [6.45, 7) is 0.402. The highest BCUT2D eigenvalue weighted by atomic mass is 16.4. The van der Waals surface area contributed by atoms with Crippen molar-refractivity contribution >= 4 is 11.9 Å². The molecule has 5 nitrogen and oxygen atoms in total. The lowest BCUT2D eigenvalue weighted by Crippen LogP contribution is -2.44. The van der Waals surface area contributed by atoms with E-state index in [1.54, 1.807) is 0 Å². The first-order chi connectivity index (χ1) is 8.09. The summed E-state index contributed by atoms with van der Waals surface area (Å²) in [4.78, 5) is 25.4. The van der Waals surface area contributed by atoms with Gasteiger partial charge in [0.2, 0.25) is 5.91 Å². The molecule has 3 aliphatic rings. The molecule has 94 valence electrons. The Hall–Kier alpha value is -1.10. The molecule has 1 saturated carbocycles. The molecule has 3 fully saturated rings. The van der Waals surface area contributed by atoms with E-state index in [9.17, 15) is 9.59 Å². The number of carboxylic acids is 1. The van der Waals surface area contributed by atoms with Gasteiger partial charge in [0.05, 0.1) is 11.3 Å². The van der Waals surface area contributed by atoms with Crippen LogP contribution in [0.25, 0.3) is 0 Å². The topological polar surface area (TPSA) is 83.6 Å². The zero-order valence-electron chi connectivity index (χ0n) is 9.76. The van der Waals surface area contributed by atoms with E-state index in [1.165, 1.54) is 0 Å². The number of carboxylic acid groups (broad SMARTS) is 1. The summed E-state index contributed by atoms with van der Waals surface area (Å²) >= 11 is 0. The second-order valence-electron chi connectivity index (χ2n) is 5.68. The summed E-state index contributed by atoms with van der Waals surface area (Å²) in [6.07, 6.45) is 4.17. The Labute approximate surface area is 100.0 Å². The third-order valence-corrected chi connectivity index (χ3v) is 4.79. The molecule has 2 heterocycles. The van der Waals surface area contributed by atoms with E-state index in [0.29, 0.717) is 13.0 Å². The number of aliphatic carboxylic acids is 1. The van der Waals surface area contributed by atoms with Crippen molar-refractivity contribution in [2.24, 2.45) is 17.1 Å². The normalized spacial score (nSPS) is 37.2. The van der Waals surface area contributed by atoms with Crippen molar-refractivity contribution < 1.29 is 14.7 Å². The Kier molecular flexibility index (Phi) is 2.23. The van der Waals surface area contributed by atoms with Gasteiger partial charge in [-0.3, -0.25) is 9.59 Å². The van der Waals surface area contributed by atoms with E-state index >= 15 is 0 Å². The van der Waals surface area contributed by atoms with E-state index in [2.05, 4.69) is 0 Å². The van der Waals surface area contributed by atoms with Gasteiger partial charge in [0, 0.05) is 18.6 Å². The highest BCUT2D eigenvalue weighted by Gasteiger charge is 2.58. The minimum atomic E-state index is -0.757. The van der Waals surface area contributed by atoms with Crippen molar-refractivity contribution in [2.45, 2.75) is 44.2 Å². The lowest BCUT2D eigenvalue weighted by Gasteiger charge is -2.27. The quantitative estimate of drug-likeness (QED) is 0.735. The number of nitrogens with zero attached hydrogens (tertiary/aromatic N) is 1. The third-order valence-electron chi connectivity index (χ3n) is 4.79. The molecule has 3 unspecified atom stereocenters. The molecule has 3 atom stereocenters.